The molecule has 0 saturated carbocycles. The number of aromatic nitrogens is 1. The van der Waals surface area contributed by atoms with E-state index in [1.54, 1.807) is 50.3 Å². The number of benzene rings is 2. The molecule has 4 rings (SSSR count). The van der Waals surface area contributed by atoms with Crippen molar-refractivity contribution in [3.05, 3.63) is 78.5 Å². The molecule has 0 fully saturated rings. The third-order valence-electron chi connectivity index (χ3n) is 5.75. The lowest BCUT2D eigenvalue weighted by Gasteiger charge is -2.26. The van der Waals surface area contributed by atoms with Crippen LogP contribution in [0.3, 0.4) is 0 Å². The summed E-state index contributed by atoms with van der Waals surface area (Å²) in [5.41, 5.74) is 1.57. The van der Waals surface area contributed by atoms with Gasteiger partial charge in [-0.25, -0.2) is 9.79 Å². The molecule has 188 valence electrons. The van der Waals surface area contributed by atoms with E-state index in [0.717, 1.165) is 0 Å². The Morgan fingerprint density at radius 2 is 1.86 bits per heavy atom. The third kappa shape index (κ3) is 4.47. The second kappa shape index (κ2) is 10.3. The minimum absolute atomic E-state index is 0.00377. The van der Waals surface area contributed by atoms with Crippen LogP contribution in [0.1, 0.15) is 31.0 Å². The van der Waals surface area contributed by atoms with E-state index in [0.29, 0.717) is 37.7 Å². The van der Waals surface area contributed by atoms with Crippen molar-refractivity contribution >= 4 is 23.4 Å². The molecule has 0 amide bonds. The summed E-state index contributed by atoms with van der Waals surface area (Å²) in [4.78, 5) is 31.9. The quantitative estimate of drug-likeness (QED) is 0.487. The van der Waals surface area contributed by atoms with Gasteiger partial charge in [0.05, 0.1) is 43.7 Å². The first-order valence-corrected chi connectivity index (χ1v) is 11.9. The Balaban J connectivity index is 2.00. The molecule has 0 spiro atoms. The minimum atomic E-state index is -0.846. The fourth-order valence-corrected chi connectivity index (χ4v) is 5.12. The predicted molar refractivity (Wildman–Crippen MR) is 135 cm³/mol. The largest absolute Gasteiger partial charge is 0.504 e. The zero-order valence-electron chi connectivity index (χ0n) is 20.5. The van der Waals surface area contributed by atoms with Crippen molar-refractivity contribution in [1.29, 1.82) is 0 Å². The number of phenols is 1. The smallest absolute Gasteiger partial charge is 0.338 e. The van der Waals surface area contributed by atoms with Crippen LogP contribution in [0.5, 0.6) is 23.0 Å². The van der Waals surface area contributed by atoms with Crippen LogP contribution in [0.25, 0.3) is 6.08 Å². The second-order valence-electron chi connectivity index (χ2n) is 7.84. The SMILES string of the molecule is CCOC(=O)C1=C(C)N=c2s/c(=C\c3ccc(O)c(OC)c3)c(=O)n2[C@@H]1c1cc(OC)ccc1OC. The van der Waals surface area contributed by atoms with Crippen molar-refractivity contribution < 1.29 is 28.8 Å². The lowest BCUT2D eigenvalue weighted by Crippen LogP contribution is -2.40. The number of thiazole rings is 1. The Morgan fingerprint density at radius 3 is 2.53 bits per heavy atom. The lowest BCUT2D eigenvalue weighted by atomic mass is 9.94. The van der Waals surface area contributed by atoms with Gasteiger partial charge in [-0.15, -0.1) is 0 Å². The Labute approximate surface area is 211 Å². The Morgan fingerprint density at radius 1 is 1.11 bits per heavy atom. The zero-order chi connectivity index (χ0) is 26.0. The zero-order valence-corrected chi connectivity index (χ0v) is 21.3. The third-order valence-corrected chi connectivity index (χ3v) is 6.73. The summed E-state index contributed by atoms with van der Waals surface area (Å²) in [6.45, 7) is 3.61. The fourth-order valence-electron chi connectivity index (χ4n) is 4.07. The normalized spacial score (nSPS) is 15.2. The van der Waals surface area contributed by atoms with Crippen LogP contribution in [-0.4, -0.2) is 43.6 Å². The molecule has 2 aromatic carbocycles. The van der Waals surface area contributed by atoms with Crippen LogP contribution in [0.2, 0.25) is 0 Å². The molecule has 0 saturated heterocycles. The summed E-state index contributed by atoms with van der Waals surface area (Å²) >= 11 is 1.19. The van der Waals surface area contributed by atoms with Crippen molar-refractivity contribution in [3.8, 4) is 23.0 Å². The van der Waals surface area contributed by atoms with Gasteiger partial charge in [-0.2, -0.15) is 0 Å². The molecule has 36 heavy (non-hydrogen) atoms. The van der Waals surface area contributed by atoms with Crippen molar-refractivity contribution in [2.75, 3.05) is 27.9 Å². The van der Waals surface area contributed by atoms with Gasteiger partial charge >= 0.3 is 5.97 Å². The number of hydrogen-bond acceptors (Lipinski definition) is 9. The van der Waals surface area contributed by atoms with Crippen LogP contribution in [0, 0.1) is 0 Å². The molecule has 0 radical (unpaired) electrons. The highest BCUT2D eigenvalue weighted by Crippen LogP contribution is 2.37. The summed E-state index contributed by atoms with van der Waals surface area (Å²) in [6.07, 6.45) is 1.69. The number of fused-ring (bicyclic) bond motifs is 1. The Bertz CT molecular complexity index is 1530. The van der Waals surface area contributed by atoms with Gasteiger partial charge in [0, 0.05) is 5.56 Å². The molecule has 0 bridgehead atoms. The van der Waals surface area contributed by atoms with Crippen LogP contribution in [0.4, 0.5) is 0 Å². The van der Waals surface area contributed by atoms with Crippen molar-refractivity contribution in [1.82, 2.24) is 4.57 Å². The van der Waals surface area contributed by atoms with Crippen LogP contribution in [0.15, 0.2) is 57.5 Å². The first kappa shape index (κ1) is 25.1. The standard InChI is InChI=1S/C26H26N2O7S/c1-6-35-25(31)22-14(2)27-26-28(23(22)17-13-16(32-3)8-10-19(17)33-4)24(30)21(36-26)12-15-7-9-18(29)20(11-15)34-5/h7-13,23,29H,6H2,1-5H3/b21-12-/t23-/m1/s1. The molecular formula is C26H26N2O7S. The van der Waals surface area contributed by atoms with Crippen LogP contribution >= 0.6 is 11.3 Å². The maximum absolute atomic E-state index is 13.8. The molecule has 0 unspecified atom stereocenters. The maximum atomic E-state index is 13.8. The maximum Gasteiger partial charge on any atom is 0.338 e. The molecular weight excluding hydrogens is 484 g/mol. The van der Waals surface area contributed by atoms with Gasteiger partial charge in [-0.05, 0) is 55.8 Å². The average molecular weight is 511 g/mol. The van der Waals surface area contributed by atoms with Gasteiger partial charge in [0.25, 0.3) is 5.56 Å². The number of esters is 1. The van der Waals surface area contributed by atoms with E-state index in [-0.39, 0.29) is 29.2 Å². The van der Waals surface area contributed by atoms with Gasteiger partial charge in [0.1, 0.15) is 17.5 Å². The van der Waals surface area contributed by atoms with E-state index in [1.807, 2.05) is 0 Å². The van der Waals surface area contributed by atoms with Gasteiger partial charge in [-0.3, -0.25) is 9.36 Å². The summed E-state index contributed by atoms with van der Waals surface area (Å²) < 4.78 is 23.4. The van der Waals surface area contributed by atoms with Crippen molar-refractivity contribution in [3.63, 3.8) is 0 Å². The lowest BCUT2D eigenvalue weighted by molar-refractivity contribution is -0.139. The minimum Gasteiger partial charge on any atom is -0.504 e. The number of allylic oxidation sites excluding steroid dienone is 1. The molecule has 10 heteroatoms. The number of nitrogens with zero attached hydrogens (tertiary/aromatic N) is 2. The topological polar surface area (TPSA) is 109 Å². The van der Waals surface area contributed by atoms with Gasteiger partial charge in [0.15, 0.2) is 16.3 Å². The van der Waals surface area contributed by atoms with E-state index in [9.17, 15) is 14.7 Å². The molecule has 1 aliphatic heterocycles. The van der Waals surface area contributed by atoms with Crippen molar-refractivity contribution in [2.24, 2.45) is 4.99 Å². The number of hydrogen-bond donors (Lipinski definition) is 1. The van der Waals surface area contributed by atoms with E-state index in [2.05, 4.69) is 4.99 Å². The molecule has 3 aromatic rings. The van der Waals surface area contributed by atoms with Crippen LogP contribution < -0.4 is 29.1 Å². The summed E-state index contributed by atoms with van der Waals surface area (Å²) in [6, 6.07) is 9.16. The van der Waals surface area contributed by atoms with E-state index >= 15 is 0 Å². The van der Waals surface area contributed by atoms with Gasteiger partial charge in [0.2, 0.25) is 0 Å². The number of aromatic hydroxyl groups is 1. The van der Waals surface area contributed by atoms with E-state index in [4.69, 9.17) is 18.9 Å². The number of carbonyl (C=O) groups is 1. The second-order valence-corrected chi connectivity index (χ2v) is 8.85. The molecule has 1 N–H and O–H groups in total. The molecule has 1 aliphatic rings. The number of rotatable bonds is 7. The number of ether oxygens (including phenoxy) is 4. The highest BCUT2D eigenvalue weighted by molar-refractivity contribution is 7.07. The predicted octanol–water partition coefficient (Wildman–Crippen LogP) is 2.53. The molecule has 9 nitrogen and oxygen atoms in total. The number of methoxy groups -OCH3 is 3. The highest BCUT2D eigenvalue weighted by Gasteiger charge is 2.35. The summed E-state index contributed by atoms with van der Waals surface area (Å²) in [5.74, 6) is 0.746. The van der Waals surface area contributed by atoms with Crippen molar-refractivity contribution in [2.45, 2.75) is 19.9 Å². The van der Waals surface area contributed by atoms with Crippen LogP contribution in [-0.2, 0) is 9.53 Å². The average Bonchev–Trinajstić information content (AvgIpc) is 3.18. The first-order valence-electron chi connectivity index (χ1n) is 11.1. The summed E-state index contributed by atoms with van der Waals surface area (Å²) in [7, 11) is 4.51. The van der Waals surface area contributed by atoms with Gasteiger partial charge < -0.3 is 24.1 Å². The molecule has 0 aliphatic carbocycles. The molecule has 2 heterocycles. The number of carbonyl (C=O) groups excluding carboxylic acids is 1. The highest BCUT2D eigenvalue weighted by atomic mass is 32.1. The van der Waals surface area contributed by atoms with E-state index in [1.165, 1.54) is 43.3 Å². The molecule has 1 atom stereocenters. The first-order chi connectivity index (χ1) is 17.3. The monoisotopic (exact) mass is 510 g/mol. The Hall–Kier alpha value is -4.05. The summed E-state index contributed by atoms with van der Waals surface area (Å²) in [5, 5.41) is 9.91. The fraction of sp³-hybridized carbons (Fsp3) is 0.269. The van der Waals surface area contributed by atoms with E-state index < -0.39 is 12.0 Å². The van der Waals surface area contributed by atoms with Gasteiger partial charge in [-0.1, -0.05) is 17.4 Å². The number of phenolic OH excluding ortho intramolecular Hbond substituents is 1. The Kier molecular flexibility index (Phi) is 7.16. The molecule has 1 aromatic heterocycles.